The number of amides is 1. The zero-order valence-corrected chi connectivity index (χ0v) is 19.2. The molecular formula is C28H31NO4. The maximum atomic E-state index is 11.4. The van der Waals surface area contributed by atoms with Crippen LogP contribution in [0.15, 0.2) is 85.1 Å². The summed E-state index contributed by atoms with van der Waals surface area (Å²) in [4.78, 5) is 21.6. The van der Waals surface area contributed by atoms with Crippen molar-refractivity contribution >= 4 is 28.7 Å². The first-order valence-electron chi connectivity index (χ1n) is 11.0. The second kappa shape index (κ2) is 13.5. The molecule has 4 rings (SSSR count). The molecule has 3 aromatic carbocycles. The number of hydrogen-bond donors (Lipinski definition) is 2. The van der Waals surface area contributed by atoms with Gasteiger partial charge in [0, 0.05) is 13.0 Å². The third kappa shape index (κ3) is 8.30. The number of hydrogen-bond acceptors (Lipinski definition) is 4. The van der Waals surface area contributed by atoms with Gasteiger partial charge in [-0.15, -0.1) is 0 Å². The fourth-order valence-corrected chi connectivity index (χ4v) is 3.09. The smallest absolute Gasteiger partial charge is 0.342 e. The third-order valence-corrected chi connectivity index (χ3v) is 5.01. The van der Waals surface area contributed by atoms with Crippen LogP contribution in [0, 0.1) is 0 Å². The molecule has 1 aliphatic rings. The molecule has 0 bridgehead atoms. The van der Waals surface area contributed by atoms with Gasteiger partial charge in [-0.2, -0.15) is 0 Å². The van der Waals surface area contributed by atoms with Gasteiger partial charge in [-0.1, -0.05) is 74.2 Å². The number of nitrogens with one attached hydrogen (secondary N) is 1. The molecule has 1 saturated heterocycles. The number of aryl methyl sites for hydroxylation is 1. The largest absolute Gasteiger partial charge is 0.515 e. The number of rotatable bonds is 4. The highest BCUT2D eigenvalue weighted by molar-refractivity contribution is 5.90. The molecule has 0 aliphatic carbocycles. The van der Waals surface area contributed by atoms with E-state index < -0.39 is 5.97 Å². The lowest BCUT2D eigenvalue weighted by Crippen LogP contribution is -2.12. The summed E-state index contributed by atoms with van der Waals surface area (Å²) in [5.41, 5.74) is 2.79. The van der Waals surface area contributed by atoms with Gasteiger partial charge in [-0.3, -0.25) is 4.79 Å². The van der Waals surface area contributed by atoms with E-state index in [1.165, 1.54) is 18.1 Å². The Hall–Kier alpha value is -3.86. The van der Waals surface area contributed by atoms with Crippen LogP contribution in [0.5, 0.6) is 5.75 Å². The number of esters is 1. The Bertz CT molecular complexity index is 1110. The van der Waals surface area contributed by atoms with Crippen molar-refractivity contribution in [1.29, 1.82) is 0 Å². The topological polar surface area (TPSA) is 75.6 Å². The molecule has 5 heteroatoms. The maximum Gasteiger partial charge on any atom is 0.342 e. The minimum absolute atomic E-state index is 0.165. The minimum Gasteiger partial charge on any atom is -0.515 e. The average Bonchev–Trinajstić information content (AvgIpc) is 3.34. The average molecular weight is 446 g/mol. The van der Waals surface area contributed by atoms with E-state index in [0.29, 0.717) is 5.75 Å². The van der Waals surface area contributed by atoms with Crippen molar-refractivity contribution < 1.29 is 19.4 Å². The first kappa shape index (κ1) is 25.4. The van der Waals surface area contributed by atoms with E-state index in [4.69, 9.17) is 9.84 Å². The monoisotopic (exact) mass is 445 g/mol. The number of benzene rings is 3. The SMILES string of the molecule is C=Cc1ccccc1CC.CC(=CO)C(=O)Oc1ccc2ccccc2c1.O=C1CCCN1. The molecule has 0 saturated carbocycles. The first-order chi connectivity index (χ1) is 16.0. The van der Waals surface area contributed by atoms with Crippen LogP contribution in [-0.4, -0.2) is 23.5 Å². The number of carbonyl (C=O) groups is 2. The molecule has 0 unspecified atom stereocenters. The Balaban J connectivity index is 0.000000202. The Morgan fingerprint density at radius 2 is 1.79 bits per heavy atom. The van der Waals surface area contributed by atoms with Gasteiger partial charge in [0.1, 0.15) is 5.75 Å². The van der Waals surface area contributed by atoms with Crippen LogP contribution in [0.3, 0.4) is 0 Å². The highest BCUT2D eigenvalue weighted by atomic mass is 16.5. The molecule has 0 atom stereocenters. The second-order valence-electron chi connectivity index (χ2n) is 7.42. The number of carbonyl (C=O) groups excluding carboxylic acids is 2. The standard InChI is InChI=1S/C14H12O3.C10H12.C4H7NO/c1-10(9-15)14(16)17-13-7-6-11-4-2-3-5-12(11)8-13;1-3-9-7-5-6-8-10(9)4-2;6-4-2-1-3-5-4/h2-9,15H,1H3;3,5-8H,1,4H2,2H3;1-3H2,(H,5,6). The Morgan fingerprint density at radius 3 is 2.33 bits per heavy atom. The van der Waals surface area contributed by atoms with E-state index in [-0.39, 0.29) is 11.5 Å². The van der Waals surface area contributed by atoms with E-state index in [1.54, 1.807) is 12.1 Å². The molecule has 5 nitrogen and oxygen atoms in total. The lowest BCUT2D eigenvalue weighted by Gasteiger charge is -2.05. The van der Waals surface area contributed by atoms with Gasteiger partial charge < -0.3 is 15.2 Å². The van der Waals surface area contributed by atoms with Gasteiger partial charge in [0.15, 0.2) is 0 Å². The quantitative estimate of drug-likeness (QED) is 0.224. The fourth-order valence-electron chi connectivity index (χ4n) is 3.09. The van der Waals surface area contributed by atoms with Crippen molar-refractivity contribution in [2.24, 2.45) is 0 Å². The van der Waals surface area contributed by atoms with Gasteiger partial charge >= 0.3 is 5.97 Å². The van der Waals surface area contributed by atoms with Crippen molar-refractivity contribution in [1.82, 2.24) is 5.32 Å². The lowest BCUT2D eigenvalue weighted by atomic mass is 10.1. The van der Waals surface area contributed by atoms with Gasteiger partial charge in [-0.05, 0) is 53.8 Å². The summed E-state index contributed by atoms with van der Waals surface area (Å²) in [6.45, 7) is 8.27. The summed E-state index contributed by atoms with van der Waals surface area (Å²) in [5.74, 6) is 0.118. The van der Waals surface area contributed by atoms with Crippen LogP contribution >= 0.6 is 0 Å². The molecule has 2 N–H and O–H groups in total. The van der Waals surface area contributed by atoms with Crippen LogP contribution in [0.4, 0.5) is 0 Å². The van der Waals surface area contributed by atoms with E-state index >= 15 is 0 Å². The summed E-state index contributed by atoms with van der Waals surface area (Å²) in [5, 5.41) is 13.5. The van der Waals surface area contributed by atoms with Crippen LogP contribution in [0.1, 0.15) is 37.8 Å². The Kier molecular flexibility index (Phi) is 10.4. The third-order valence-electron chi connectivity index (χ3n) is 5.01. The minimum atomic E-state index is -0.553. The van der Waals surface area contributed by atoms with Gasteiger partial charge in [0.25, 0.3) is 0 Å². The molecule has 0 aromatic heterocycles. The van der Waals surface area contributed by atoms with Crippen LogP contribution in [0.2, 0.25) is 0 Å². The highest BCUT2D eigenvalue weighted by Gasteiger charge is 2.07. The summed E-state index contributed by atoms with van der Waals surface area (Å²) >= 11 is 0. The normalized spacial score (nSPS) is 12.5. The van der Waals surface area contributed by atoms with Crippen molar-refractivity contribution in [3.63, 3.8) is 0 Å². The molecule has 1 aliphatic heterocycles. The summed E-state index contributed by atoms with van der Waals surface area (Å²) in [6.07, 6.45) is 5.49. The number of ether oxygens (including phenoxy) is 1. The van der Waals surface area contributed by atoms with Gasteiger partial charge in [-0.25, -0.2) is 4.79 Å². The zero-order chi connectivity index (χ0) is 24.1. The Morgan fingerprint density at radius 1 is 1.09 bits per heavy atom. The predicted octanol–water partition coefficient (Wildman–Crippen LogP) is 6.00. The number of aliphatic hydroxyl groups excluding tert-OH is 1. The molecule has 33 heavy (non-hydrogen) atoms. The highest BCUT2D eigenvalue weighted by Crippen LogP contribution is 2.21. The molecular weight excluding hydrogens is 414 g/mol. The molecule has 1 fully saturated rings. The van der Waals surface area contributed by atoms with Crippen LogP contribution in [-0.2, 0) is 16.0 Å². The predicted molar refractivity (Wildman–Crippen MR) is 134 cm³/mol. The van der Waals surface area contributed by atoms with Crippen molar-refractivity contribution in [2.45, 2.75) is 33.1 Å². The maximum absolute atomic E-state index is 11.4. The van der Waals surface area contributed by atoms with Gasteiger partial charge in [0.2, 0.25) is 5.91 Å². The second-order valence-corrected chi connectivity index (χ2v) is 7.42. The van der Waals surface area contributed by atoms with E-state index in [0.717, 1.165) is 42.8 Å². The van der Waals surface area contributed by atoms with Crippen LogP contribution in [0.25, 0.3) is 16.8 Å². The number of aliphatic hydroxyl groups is 1. The van der Waals surface area contributed by atoms with Crippen molar-refractivity contribution in [2.75, 3.05) is 6.54 Å². The Labute approximate surface area is 195 Å². The number of fused-ring (bicyclic) bond motifs is 1. The van der Waals surface area contributed by atoms with E-state index in [9.17, 15) is 9.59 Å². The van der Waals surface area contributed by atoms with E-state index in [2.05, 4.69) is 37.0 Å². The molecule has 172 valence electrons. The molecule has 0 spiro atoms. The summed E-state index contributed by atoms with van der Waals surface area (Å²) in [6, 6.07) is 21.5. The summed E-state index contributed by atoms with van der Waals surface area (Å²) < 4.78 is 5.11. The summed E-state index contributed by atoms with van der Waals surface area (Å²) in [7, 11) is 0. The lowest BCUT2D eigenvalue weighted by molar-refractivity contribution is -0.130. The van der Waals surface area contributed by atoms with Crippen molar-refractivity contribution in [3.8, 4) is 5.75 Å². The van der Waals surface area contributed by atoms with Crippen LogP contribution < -0.4 is 10.1 Å². The molecule has 1 heterocycles. The molecule has 3 aromatic rings. The first-order valence-corrected chi connectivity index (χ1v) is 11.0. The van der Waals surface area contributed by atoms with Gasteiger partial charge in [0.05, 0.1) is 11.8 Å². The zero-order valence-electron chi connectivity index (χ0n) is 19.2. The molecule has 0 radical (unpaired) electrons. The fraction of sp³-hybridized carbons (Fsp3) is 0.214. The van der Waals surface area contributed by atoms with E-state index in [1.807, 2.05) is 42.5 Å². The molecule has 1 amide bonds. The van der Waals surface area contributed by atoms with Crippen molar-refractivity contribution in [3.05, 3.63) is 96.3 Å².